The molecule has 150 valence electrons. The van der Waals surface area contributed by atoms with Gasteiger partial charge in [0.15, 0.2) is 0 Å². The molecule has 5 nitrogen and oxygen atoms in total. The zero-order chi connectivity index (χ0) is 20.3. The molecule has 0 unspecified atom stereocenters. The number of hydrogen-bond acceptors (Lipinski definition) is 4. The fraction of sp³-hybridized carbons (Fsp3) is 0.435. The molecule has 1 fully saturated rings. The second kappa shape index (κ2) is 8.76. The number of carboxylic acid groups (broad SMARTS) is 1. The Bertz CT molecular complexity index is 807. The largest absolute Gasteiger partial charge is 0.496 e. The third-order valence-corrected chi connectivity index (χ3v) is 5.67. The van der Waals surface area contributed by atoms with Crippen molar-refractivity contribution in [2.45, 2.75) is 51.4 Å². The summed E-state index contributed by atoms with van der Waals surface area (Å²) in [6.07, 6.45) is 0. The zero-order valence-corrected chi connectivity index (χ0v) is 17.0. The van der Waals surface area contributed by atoms with E-state index in [9.17, 15) is 9.90 Å². The summed E-state index contributed by atoms with van der Waals surface area (Å²) in [6.45, 7) is 6.81. The molecule has 0 aromatic heterocycles. The first-order chi connectivity index (χ1) is 13.4. The Hall–Kier alpha value is -2.37. The summed E-state index contributed by atoms with van der Waals surface area (Å²) < 4.78 is 5.53. The second-order valence-corrected chi connectivity index (χ2v) is 7.84. The van der Waals surface area contributed by atoms with Crippen molar-refractivity contribution in [3.05, 3.63) is 65.2 Å². The average molecular weight is 383 g/mol. The Labute approximate surface area is 167 Å². The lowest BCUT2D eigenvalue weighted by atomic mass is 9.91. The first kappa shape index (κ1) is 20.4. The Balaban J connectivity index is 1.87. The van der Waals surface area contributed by atoms with Crippen LogP contribution in [0.3, 0.4) is 0 Å². The predicted molar refractivity (Wildman–Crippen MR) is 111 cm³/mol. The quantitative estimate of drug-likeness (QED) is 0.681. The van der Waals surface area contributed by atoms with Crippen LogP contribution in [0, 0.1) is 5.92 Å². The number of carboxylic acids is 1. The normalized spacial score (nSPS) is 24.5. The number of ether oxygens (including phenoxy) is 1. The smallest absolute Gasteiger partial charge is 0.309 e. The van der Waals surface area contributed by atoms with Crippen molar-refractivity contribution in [3.8, 4) is 5.75 Å². The minimum atomic E-state index is -0.779. The van der Waals surface area contributed by atoms with Crippen LogP contribution >= 0.6 is 0 Å². The lowest BCUT2D eigenvalue weighted by molar-refractivity contribution is -0.142. The van der Waals surface area contributed by atoms with Crippen LogP contribution in [-0.2, 0) is 11.3 Å². The fourth-order valence-electron chi connectivity index (χ4n) is 4.11. The van der Waals surface area contributed by atoms with Crippen molar-refractivity contribution in [3.63, 3.8) is 0 Å². The SMILES string of the molecule is COc1ccc(C(C)C)cc1CN[C@@H]1[C@H](C(=O)O)[C@H](C)N[C@H]1c1ccccc1. The van der Waals surface area contributed by atoms with Gasteiger partial charge in [-0.15, -0.1) is 0 Å². The van der Waals surface area contributed by atoms with Crippen LogP contribution in [0.1, 0.15) is 49.4 Å². The van der Waals surface area contributed by atoms with Gasteiger partial charge in [0.1, 0.15) is 5.75 Å². The van der Waals surface area contributed by atoms with Gasteiger partial charge in [-0.3, -0.25) is 4.79 Å². The van der Waals surface area contributed by atoms with Gasteiger partial charge in [0.25, 0.3) is 0 Å². The highest BCUT2D eigenvalue weighted by molar-refractivity contribution is 5.72. The van der Waals surface area contributed by atoms with Gasteiger partial charge in [-0.1, -0.05) is 56.3 Å². The molecule has 3 rings (SSSR count). The summed E-state index contributed by atoms with van der Waals surface area (Å²) >= 11 is 0. The van der Waals surface area contributed by atoms with Crippen LogP contribution in [0.15, 0.2) is 48.5 Å². The van der Waals surface area contributed by atoms with E-state index in [0.29, 0.717) is 12.5 Å². The van der Waals surface area contributed by atoms with Crippen LogP contribution in [0.2, 0.25) is 0 Å². The lowest BCUT2D eigenvalue weighted by Crippen LogP contribution is -2.41. The minimum Gasteiger partial charge on any atom is -0.496 e. The van der Waals surface area contributed by atoms with Crippen molar-refractivity contribution in [2.75, 3.05) is 7.11 Å². The van der Waals surface area contributed by atoms with E-state index in [-0.39, 0.29) is 18.1 Å². The molecule has 0 bridgehead atoms. The maximum atomic E-state index is 12.0. The molecule has 1 aliphatic rings. The first-order valence-electron chi connectivity index (χ1n) is 9.86. The molecule has 0 radical (unpaired) electrons. The molecule has 1 heterocycles. The molecule has 1 aliphatic heterocycles. The predicted octanol–water partition coefficient (Wildman–Crippen LogP) is 3.71. The summed E-state index contributed by atoms with van der Waals surface area (Å²) in [5, 5.41) is 16.8. The van der Waals surface area contributed by atoms with E-state index >= 15 is 0 Å². The number of hydrogen-bond donors (Lipinski definition) is 3. The van der Waals surface area contributed by atoms with Gasteiger partial charge < -0.3 is 20.5 Å². The van der Waals surface area contributed by atoms with Gasteiger partial charge in [-0.25, -0.2) is 0 Å². The van der Waals surface area contributed by atoms with Crippen molar-refractivity contribution in [1.29, 1.82) is 0 Å². The molecule has 2 aromatic carbocycles. The Morgan fingerprint density at radius 2 is 1.93 bits per heavy atom. The molecule has 2 aromatic rings. The molecule has 3 N–H and O–H groups in total. The molecule has 0 spiro atoms. The second-order valence-electron chi connectivity index (χ2n) is 7.84. The average Bonchev–Trinajstić information content (AvgIpc) is 3.03. The van der Waals surface area contributed by atoms with Crippen LogP contribution in [0.4, 0.5) is 0 Å². The van der Waals surface area contributed by atoms with Crippen LogP contribution < -0.4 is 15.4 Å². The van der Waals surface area contributed by atoms with Crippen LogP contribution in [0.25, 0.3) is 0 Å². The Kier molecular flexibility index (Phi) is 6.37. The van der Waals surface area contributed by atoms with E-state index in [4.69, 9.17) is 4.74 Å². The molecular weight excluding hydrogens is 352 g/mol. The van der Waals surface area contributed by atoms with Gasteiger partial charge in [0.2, 0.25) is 0 Å². The maximum absolute atomic E-state index is 12.0. The third kappa shape index (κ3) is 4.21. The number of methoxy groups -OCH3 is 1. The number of nitrogens with one attached hydrogen (secondary N) is 2. The summed E-state index contributed by atoms with van der Waals surface area (Å²) in [6, 6.07) is 15.9. The summed E-state index contributed by atoms with van der Waals surface area (Å²) in [4.78, 5) is 12.0. The minimum absolute atomic E-state index is 0.0587. The number of carbonyl (C=O) groups is 1. The molecule has 5 heteroatoms. The topological polar surface area (TPSA) is 70.6 Å². The monoisotopic (exact) mass is 382 g/mol. The van der Waals surface area contributed by atoms with Crippen LogP contribution in [-0.4, -0.2) is 30.3 Å². The van der Waals surface area contributed by atoms with E-state index in [1.165, 1.54) is 5.56 Å². The summed E-state index contributed by atoms with van der Waals surface area (Å²) in [5.41, 5.74) is 3.38. The molecule has 28 heavy (non-hydrogen) atoms. The first-order valence-corrected chi connectivity index (χ1v) is 9.86. The highest BCUT2D eigenvalue weighted by Crippen LogP contribution is 2.33. The molecule has 0 aliphatic carbocycles. The highest BCUT2D eigenvalue weighted by atomic mass is 16.5. The van der Waals surface area contributed by atoms with Crippen molar-refractivity contribution in [1.82, 2.24) is 10.6 Å². The maximum Gasteiger partial charge on any atom is 0.309 e. The molecule has 0 amide bonds. The fourth-order valence-corrected chi connectivity index (χ4v) is 4.11. The van der Waals surface area contributed by atoms with E-state index < -0.39 is 11.9 Å². The highest BCUT2D eigenvalue weighted by Gasteiger charge is 2.45. The van der Waals surface area contributed by atoms with Gasteiger partial charge >= 0.3 is 5.97 Å². The van der Waals surface area contributed by atoms with Crippen molar-refractivity contribution < 1.29 is 14.6 Å². The molecule has 1 saturated heterocycles. The summed E-state index contributed by atoms with van der Waals surface area (Å²) in [7, 11) is 1.67. The van der Waals surface area contributed by atoms with Crippen molar-refractivity contribution in [2.24, 2.45) is 5.92 Å². The number of aliphatic carboxylic acids is 1. The van der Waals surface area contributed by atoms with Crippen LogP contribution in [0.5, 0.6) is 5.75 Å². The van der Waals surface area contributed by atoms with E-state index in [2.05, 4.69) is 36.6 Å². The Morgan fingerprint density at radius 3 is 2.54 bits per heavy atom. The molecule has 4 atom stereocenters. The number of benzene rings is 2. The van der Waals surface area contributed by atoms with E-state index in [1.807, 2.05) is 43.3 Å². The van der Waals surface area contributed by atoms with Gasteiger partial charge in [0, 0.05) is 30.2 Å². The van der Waals surface area contributed by atoms with Gasteiger partial charge in [-0.05, 0) is 30.0 Å². The Morgan fingerprint density at radius 1 is 1.21 bits per heavy atom. The lowest BCUT2D eigenvalue weighted by Gasteiger charge is -2.25. The standard InChI is InChI=1S/C23H30N2O3/c1-14(2)17-10-11-19(28-4)18(12-17)13-24-22-20(23(26)27)15(3)25-21(22)16-8-6-5-7-9-16/h5-12,14-15,20-22,24-25H,13H2,1-4H3,(H,26,27)/t15-,20+,21-,22+/m0/s1. The van der Waals surface area contributed by atoms with E-state index in [1.54, 1.807) is 7.11 Å². The summed E-state index contributed by atoms with van der Waals surface area (Å²) in [5.74, 6) is -0.0518. The van der Waals surface area contributed by atoms with Gasteiger partial charge in [0.05, 0.1) is 13.0 Å². The molecule has 0 saturated carbocycles. The molecular formula is C23H30N2O3. The third-order valence-electron chi connectivity index (χ3n) is 5.67. The zero-order valence-electron chi connectivity index (χ0n) is 17.0. The van der Waals surface area contributed by atoms with Crippen molar-refractivity contribution >= 4 is 5.97 Å². The van der Waals surface area contributed by atoms with Gasteiger partial charge in [-0.2, -0.15) is 0 Å². The number of rotatable bonds is 7. The van der Waals surface area contributed by atoms with E-state index in [0.717, 1.165) is 16.9 Å².